The van der Waals surface area contributed by atoms with Gasteiger partial charge in [-0.25, -0.2) is 0 Å². The molecule has 0 spiro atoms. The van der Waals surface area contributed by atoms with Crippen LogP contribution in [0.25, 0.3) is 0 Å². The van der Waals surface area contributed by atoms with Crippen molar-refractivity contribution in [2.45, 2.75) is 143 Å². The first-order valence-electron chi connectivity index (χ1n) is 15.9. The molecule has 20 atom stereocenters. The van der Waals surface area contributed by atoms with E-state index >= 15 is 0 Å². The van der Waals surface area contributed by atoms with E-state index in [-0.39, 0.29) is 0 Å². The quantitative estimate of drug-likeness (QED) is 0.0938. The van der Waals surface area contributed by atoms with E-state index < -0.39 is 154 Å². The molecule has 0 bridgehead atoms. The smallest absolute Gasteiger partial charge is 0.217 e. The van der Waals surface area contributed by atoms with Crippen molar-refractivity contribution in [1.82, 2.24) is 10.6 Å². The van der Waals surface area contributed by atoms with E-state index in [4.69, 9.17) is 33.2 Å². The number of hydrogen-bond acceptors (Lipinski definition) is 20. The summed E-state index contributed by atoms with van der Waals surface area (Å²) < 4.78 is 39.1. The summed E-state index contributed by atoms with van der Waals surface area (Å²) in [5.74, 6) is -1.32. The van der Waals surface area contributed by atoms with Crippen molar-refractivity contribution in [3.05, 3.63) is 0 Å². The van der Waals surface area contributed by atoms with Gasteiger partial charge in [0.1, 0.15) is 91.4 Å². The Hall–Kier alpha value is -1.78. The first-order chi connectivity index (χ1) is 23.5. The van der Waals surface area contributed by atoms with Crippen LogP contribution in [0.3, 0.4) is 0 Å². The van der Waals surface area contributed by atoms with Gasteiger partial charge in [-0.1, -0.05) is 0 Å². The summed E-state index contributed by atoms with van der Waals surface area (Å²) in [7, 11) is 0. The summed E-state index contributed by atoms with van der Waals surface area (Å²) >= 11 is 0. The largest absolute Gasteiger partial charge is 0.394 e. The van der Waals surface area contributed by atoms with Gasteiger partial charge in [0.2, 0.25) is 11.8 Å². The molecule has 4 fully saturated rings. The van der Waals surface area contributed by atoms with Crippen molar-refractivity contribution >= 4 is 11.8 Å². The highest BCUT2D eigenvalue weighted by Crippen LogP contribution is 2.34. The minimum atomic E-state index is -2.02. The van der Waals surface area contributed by atoms with E-state index in [1.807, 2.05) is 0 Å². The Bertz CT molecular complexity index is 1120. The Balaban J connectivity index is 1.51. The second-order valence-electron chi connectivity index (χ2n) is 12.6. The SMILES string of the molecule is CC(=O)N[C@@H]1[C@@H](O[C@@H]2O[C@@H](C)[C@H](O)[C@@H](O[C@@H]3O[C@H](CO)[C@@H](O[C@H]4O[C@H](CO)[C@@H](O)[C@H](O)[C@H]4NC(C)=O)[C@H](O)[C@H]3O)[C@H]2O)[C@H](O)[C@@H](CO)O[C@H]1O. The van der Waals surface area contributed by atoms with Gasteiger partial charge in [0.15, 0.2) is 25.2 Å². The Morgan fingerprint density at radius 1 is 0.520 bits per heavy atom. The van der Waals surface area contributed by atoms with Gasteiger partial charge >= 0.3 is 0 Å². The van der Waals surface area contributed by atoms with Crippen LogP contribution in [0.1, 0.15) is 20.8 Å². The predicted octanol–water partition coefficient (Wildman–Crippen LogP) is -8.43. The molecular weight excluding hydrogens is 684 g/mol. The summed E-state index contributed by atoms with van der Waals surface area (Å²) in [6.45, 7) is 1.15. The number of aliphatic hydroxyl groups is 11. The van der Waals surface area contributed by atoms with Crippen LogP contribution in [0, 0.1) is 0 Å². The molecule has 4 aliphatic heterocycles. The van der Waals surface area contributed by atoms with Crippen molar-refractivity contribution in [3.8, 4) is 0 Å². The first-order valence-corrected chi connectivity index (χ1v) is 15.9. The average Bonchev–Trinajstić information content (AvgIpc) is 3.06. The maximum absolute atomic E-state index is 11.8. The molecule has 22 nitrogen and oxygen atoms in total. The van der Waals surface area contributed by atoms with Gasteiger partial charge in [-0.3, -0.25) is 9.59 Å². The Kier molecular flexibility index (Phi) is 14.2. The summed E-state index contributed by atoms with van der Waals surface area (Å²) in [5.41, 5.74) is 0. The van der Waals surface area contributed by atoms with Crippen molar-refractivity contribution in [1.29, 1.82) is 0 Å². The Morgan fingerprint density at radius 2 is 1.02 bits per heavy atom. The van der Waals surface area contributed by atoms with Crippen LogP contribution in [0.4, 0.5) is 0 Å². The minimum absolute atomic E-state index is 0.651. The van der Waals surface area contributed by atoms with E-state index in [0.717, 1.165) is 13.8 Å². The normalized spacial score (nSPS) is 48.5. The molecule has 22 heteroatoms. The van der Waals surface area contributed by atoms with Crippen molar-refractivity contribution in [3.63, 3.8) is 0 Å². The highest BCUT2D eigenvalue weighted by atomic mass is 16.8. The number of nitrogens with one attached hydrogen (secondary N) is 2. The first kappa shape index (κ1) is 41.0. The van der Waals surface area contributed by atoms with Gasteiger partial charge in [0.25, 0.3) is 0 Å². The van der Waals surface area contributed by atoms with Gasteiger partial charge < -0.3 is 100.0 Å². The highest BCUT2D eigenvalue weighted by molar-refractivity contribution is 5.73. The third-order valence-electron chi connectivity index (χ3n) is 8.97. The molecule has 4 aliphatic rings. The zero-order chi connectivity index (χ0) is 37.2. The van der Waals surface area contributed by atoms with Crippen molar-refractivity contribution in [2.75, 3.05) is 19.8 Å². The second-order valence-corrected chi connectivity index (χ2v) is 12.6. The molecule has 0 aromatic carbocycles. The van der Waals surface area contributed by atoms with Gasteiger partial charge in [-0.2, -0.15) is 0 Å². The zero-order valence-corrected chi connectivity index (χ0v) is 27.3. The Morgan fingerprint density at radius 3 is 1.60 bits per heavy atom. The molecule has 0 saturated carbocycles. The van der Waals surface area contributed by atoms with Crippen LogP contribution in [-0.4, -0.2) is 211 Å². The van der Waals surface area contributed by atoms with Gasteiger partial charge in [0.05, 0.1) is 25.9 Å². The lowest BCUT2D eigenvalue weighted by molar-refractivity contribution is -0.380. The average molecular weight is 733 g/mol. The van der Waals surface area contributed by atoms with E-state index in [2.05, 4.69) is 10.6 Å². The number of rotatable bonds is 11. The predicted molar refractivity (Wildman–Crippen MR) is 156 cm³/mol. The van der Waals surface area contributed by atoms with Crippen LogP contribution in [0.2, 0.25) is 0 Å². The van der Waals surface area contributed by atoms with Crippen molar-refractivity contribution < 1.29 is 98.9 Å². The molecule has 50 heavy (non-hydrogen) atoms. The fourth-order valence-corrected chi connectivity index (χ4v) is 6.29. The lowest BCUT2D eigenvalue weighted by Gasteiger charge is -2.49. The summed E-state index contributed by atoms with van der Waals surface area (Å²) in [5, 5.41) is 120. The minimum Gasteiger partial charge on any atom is -0.394 e. The molecule has 0 radical (unpaired) electrons. The molecule has 0 aromatic rings. The zero-order valence-electron chi connectivity index (χ0n) is 27.3. The Labute approximate surface area is 285 Å². The number of amides is 2. The molecular formula is C28H48N2O20. The number of carbonyl (C=O) groups excluding carboxylic acids is 2. The van der Waals surface area contributed by atoms with E-state index in [1.54, 1.807) is 0 Å². The van der Waals surface area contributed by atoms with Crippen LogP contribution in [-0.2, 0) is 42.7 Å². The monoisotopic (exact) mass is 732 g/mol. The number of ether oxygens (including phenoxy) is 7. The standard InChI is InChI=1S/C28H48N2O20/c1-7-15(36)24(21(42)28(44-7)49-23-14(30-9(3)35)25(43)45-11(5-32)17(23)38)50-27-20(41)19(40)22(12(6-33)47-27)48-26-13(29-8(2)34)18(39)16(37)10(4-31)46-26/h7,10-28,31-33,36-43H,4-6H2,1-3H3,(H,29,34)(H,30,35)/t7-,10+,11+,12+,13+,14+,15-,16+,17+,18+,19+,20+,21+,22+,23+,24+,25+,26+,27-,28-/m0/s1. The molecule has 4 rings (SSSR count). The molecule has 13 N–H and O–H groups in total. The lowest BCUT2D eigenvalue weighted by Crippen LogP contribution is -2.69. The third-order valence-corrected chi connectivity index (χ3v) is 8.97. The molecule has 0 unspecified atom stereocenters. The fourth-order valence-electron chi connectivity index (χ4n) is 6.29. The molecule has 4 saturated heterocycles. The van der Waals surface area contributed by atoms with E-state index in [1.165, 1.54) is 6.92 Å². The van der Waals surface area contributed by atoms with Crippen LogP contribution >= 0.6 is 0 Å². The topological polar surface area (TPSA) is 345 Å². The third kappa shape index (κ3) is 8.70. The second kappa shape index (κ2) is 17.4. The molecule has 2 amide bonds. The summed E-state index contributed by atoms with van der Waals surface area (Å²) in [6, 6.07) is -2.86. The van der Waals surface area contributed by atoms with E-state index in [9.17, 15) is 65.8 Å². The lowest BCUT2D eigenvalue weighted by atomic mass is 9.94. The summed E-state index contributed by atoms with van der Waals surface area (Å²) in [4.78, 5) is 23.6. The number of hydrogen-bond donors (Lipinski definition) is 13. The molecule has 4 heterocycles. The van der Waals surface area contributed by atoms with Crippen LogP contribution < -0.4 is 10.6 Å². The fraction of sp³-hybridized carbons (Fsp3) is 0.929. The maximum Gasteiger partial charge on any atom is 0.217 e. The summed E-state index contributed by atoms with van der Waals surface area (Å²) in [6.07, 6.45) is -30.0. The van der Waals surface area contributed by atoms with Gasteiger partial charge in [0, 0.05) is 13.8 Å². The maximum atomic E-state index is 11.8. The van der Waals surface area contributed by atoms with Crippen molar-refractivity contribution in [2.24, 2.45) is 0 Å². The van der Waals surface area contributed by atoms with E-state index in [0.29, 0.717) is 0 Å². The van der Waals surface area contributed by atoms with Crippen LogP contribution in [0.5, 0.6) is 0 Å². The van der Waals surface area contributed by atoms with Gasteiger partial charge in [-0.05, 0) is 6.92 Å². The number of carbonyl (C=O) groups is 2. The molecule has 290 valence electrons. The molecule has 0 aliphatic carbocycles. The molecule has 0 aromatic heterocycles. The van der Waals surface area contributed by atoms with Crippen LogP contribution in [0.15, 0.2) is 0 Å². The van der Waals surface area contributed by atoms with Gasteiger partial charge in [-0.15, -0.1) is 0 Å². The highest BCUT2D eigenvalue weighted by Gasteiger charge is 2.55. The number of aliphatic hydroxyl groups excluding tert-OH is 11.